The maximum absolute atomic E-state index is 14.3. The normalized spacial score (nSPS) is 23.1. The topological polar surface area (TPSA) is 53.1 Å². The number of hydrogen-bond acceptors (Lipinski definition) is 4. The molecule has 142 valence electrons. The fraction of sp³-hybridized carbons (Fsp3) is 0.579. The molecule has 4 rings (SSSR count). The SMILES string of the molecule is COc1ccc(CN2C[C@H]3CC[C@@H](C2)N(CC(=O)N(C)C)C3=O)c(F)c1. The van der Waals surface area contributed by atoms with Gasteiger partial charge >= 0.3 is 0 Å². The summed E-state index contributed by atoms with van der Waals surface area (Å²) in [6, 6.07) is 4.87. The number of amides is 2. The second-order valence-corrected chi connectivity index (χ2v) is 7.33. The van der Waals surface area contributed by atoms with E-state index in [1.807, 2.05) is 0 Å². The second kappa shape index (κ2) is 7.61. The molecular formula is C19H26FN3O3. The summed E-state index contributed by atoms with van der Waals surface area (Å²) in [5.41, 5.74) is 0.593. The minimum atomic E-state index is -0.299. The summed E-state index contributed by atoms with van der Waals surface area (Å²) in [4.78, 5) is 30.2. The highest BCUT2D eigenvalue weighted by Gasteiger charge is 2.41. The Balaban J connectivity index is 1.73. The third kappa shape index (κ3) is 3.82. The van der Waals surface area contributed by atoms with Crippen molar-refractivity contribution in [2.45, 2.75) is 25.4 Å². The number of carbonyl (C=O) groups excluding carboxylic acids is 2. The van der Waals surface area contributed by atoms with Crippen molar-refractivity contribution in [1.29, 1.82) is 0 Å². The van der Waals surface area contributed by atoms with E-state index in [4.69, 9.17) is 4.74 Å². The molecule has 3 saturated heterocycles. The molecule has 3 heterocycles. The average Bonchev–Trinajstić information content (AvgIpc) is 2.88. The smallest absolute Gasteiger partial charge is 0.241 e. The van der Waals surface area contributed by atoms with E-state index >= 15 is 0 Å². The van der Waals surface area contributed by atoms with Gasteiger partial charge in [-0.1, -0.05) is 6.07 Å². The van der Waals surface area contributed by atoms with E-state index in [9.17, 15) is 14.0 Å². The molecule has 0 saturated carbocycles. The van der Waals surface area contributed by atoms with Gasteiger partial charge in [-0.05, 0) is 18.9 Å². The standard InChI is InChI=1S/C19H26FN3O3/c1-21(2)18(24)12-23-15-6-4-14(19(23)25)10-22(11-15)9-13-5-7-16(26-3)8-17(13)20/h5,7-8,14-15H,4,6,9-12H2,1-3H3/t14-,15+/m1/s1. The molecule has 6 nitrogen and oxygen atoms in total. The van der Waals surface area contributed by atoms with Crippen LogP contribution in [0.5, 0.6) is 5.75 Å². The summed E-state index contributed by atoms with van der Waals surface area (Å²) in [5.74, 6) is 0.0514. The van der Waals surface area contributed by atoms with Crippen molar-refractivity contribution in [1.82, 2.24) is 14.7 Å². The summed E-state index contributed by atoms with van der Waals surface area (Å²) < 4.78 is 19.3. The van der Waals surface area contributed by atoms with E-state index in [2.05, 4.69) is 4.90 Å². The van der Waals surface area contributed by atoms with Crippen LogP contribution < -0.4 is 4.74 Å². The Morgan fingerprint density at radius 2 is 2.08 bits per heavy atom. The molecule has 2 amide bonds. The fourth-order valence-corrected chi connectivity index (χ4v) is 3.78. The van der Waals surface area contributed by atoms with E-state index in [-0.39, 0.29) is 36.1 Å². The zero-order valence-corrected chi connectivity index (χ0v) is 15.6. The quantitative estimate of drug-likeness (QED) is 0.792. The van der Waals surface area contributed by atoms with E-state index in [0.717, 1.165) is 12.8 Å². The summed E-state index contributed by atoms with van der Waals surface area (Å²) in [6.45, 7) is 1.84. The molecule has 3 aliphatic heterocycles. The highest BCUT2D eigenvalue weighted by atomic mass is 19.1. The first-order valence-corrected chi connectivity index (χ1v) is 8.94. The van der Waals surface area contributed by atoms with Gasteiger partial charge in [0.25, 0.3) is 0 Å². The van der Waals surface area contributed by atoms with Crippen LogP contribution in [0.4, 0.5) is 4.39 Å². The van der Waals surface area contributed by atoms with Crippen LogP contribution >= 0.6 is 0 Å². The molecule has 2 atom stereocenters. The molecule has 3 aliphatic rings. The predicted molar refractivity (Wildman–Crippen MR) is 95.1 cm³/mol. The molecule has 0 aromatic heterocycles. The van der Waals surface area contributed by atoms with Crippen molar-refractivity contribution in [2.24, 2.45) is 5.92 Å². The molecule has 2 bridgehead atoms. The maximum atomic E-state index is 14.3. The van der Waals surface area contributed by atoms with Gasteiger partial charge in [0.2, 0.25) is 11.8 Å². The Kier molecular flexibility index (Phi) is 5.46. The lowest BCUT2D eigenvalue weighted by molar-refractivity contribution is -0.145. The third-order valence-corrected chi connectivity index (χ3v) is 5.33. The molecule has 0 N–H and O–H groups in total. The van der Waals surface area contributed by atoms with E-state index in [0.29, 0.717) is 30.9 Å². The van der Waals surface area contributed by atoms with Gasteiger partial charge in [-0.15, -0.1) is 0 Å². The summed E-state index contributed by atoms with van der Waals surface area (Å²) in [5, 5.41) is 0. The summed E-state index contributed by atoms with van der Waals surface area (Å²) in [6.07, 6.45) is 1.72. The number of piperidine rings is 1. The Morgan fingerprint density at radius 1 is 1.31 bits per heavy atom. The van der Waals surface area contributed by atoms with Gasteiger partial charge in [0.1, 0.15) is 18.1 Å². The van der Waals surface area contributed by atoms with Crippen molar-refractivity contribution in [3.05, 3.63) is 29.6 Å². The molecule has 1 aromatic carbocycles. The van der Waals surface area contributed by atoms with Gasteiger partial charge in [0.05, 0.1) is 13.0 Å². The average molecular weight is 363 g/mol. The lowest BCUT2D eigenvalue weighted by atomic mass is 9.94. The number of carbonyl (C=O) groups is 2. The van der Waals surface area contributed by atoms with Crippen molar-refractivity contribution in [3.63, 3.8) is 0 Å². The fourth-order valence-electron chi connectivity index (χ4n) is 3.78. The third-order valence-electron chi connectivity index (χ3n) is 5.33. The monoisotopic (exact) mass is 363 g/mol. The molecule has 3 fully saturated rings. The predicted octanol–water partition coefficient (Wildman–Crippen LogP) is 1.35. The first-order chi connectivity index (χ1) is 12.4. The van der Waals surface area contributed by atoms with Gasteiger partial charge in [-0.2, -0.15) is 0 Å². The Morgan fingerprint density at radius 3 is 2.73 bits per heavy atom. The van der Waals surface area contributed by atoms with Crippen LogP contribution in [0.25, 0.3) is 0 Å². The minimum Gasteiger partial charge on any atom is -0.497 e. The first kappa shape index (κ1) is 18.6. The van der Waals surface area contributed by atoms with Crippen LogP contribution in [0.3, 0.4) is 0 Å². The molecular weight excluding hydrogens is 337 g/mol. The summed E-state index contributed by atoms with van der Waals surface area (Å²) in [7, 11) is 4.90. The second-order valence-electron chi connectivity index (χ2n) is 7.33. The van der Waals surface area contributed by atoms with Crippen LogP contribution in [0, 0.1) is 11.7 Å². The molecule has 1 aromatic rings. The molecule has 0 aliphatic carbocycles. The van der Waals surface area contributed by atoms with E-state index in [1.54, 1.807) is 31.1 Å². The number of hydrogen-bond donors (Lipinski definition) is 0. The van der Waals surface area contributed by atoms with Crippen molar-refractivity contribution in [3.8, 4) is 5.75 Å². The van der Waals surface area contributed by atoms with Crippen LogP contribution in [-0.2, 0) is 16.1 Å². The Bertz CT molecular complexity index is 695. The van der Waals surface area contributed by atoms with Gasteiger partial charge < -0.3 is 14.5 Å². The molecule has 0 unspecified atom stereocenters. The molecule has 0 radical (unpaired) electrons. The Labute approximate surface area is 153 Å². The van der Waals surface area contributed by atoms with Crippen LogP contribution in [0.2, 0.25) is 0 Å². The highest BCUT2D eigenvalue weighted by molar-refractivity contribution is 5.86. The van der Waals surface area contributed by atoms with Crippen molar-refractivity contribution >= 4 is 11.8 Å². The maximum Gasteiger partial charge on any atom is 0.241 e. The van der Waals surface area contributed by atoms with Crippen molar-refractivity contribution < 1.29 is 18.7 Å². The number of ether oxygens (including phenoxy) is 1. The number of likely N-dealkylation sites (N-methyl/N-ethyl adjacent to an activating group) is 1. The first-order valence-electron chi connectivity index (χ1n) is 8.94. The van der Waals surface area contributed by atoms with Gasteiger partial charge in [0, 0.05) is 51.4 Å². The summed E-state index contributed by atoms with van der Waals surface area (Å²) >= 11 is 0. The van der Waals surface area contributed by atoms with Gasteiger partial charge in [-0.3, -0.25) is 14.5 Å². The van der Waals surface area contributed by atoms with Crippen LogP contribution in [0.15, 0.2) is 18.2 Å². The minimum absolute atomic E-state index is 0.00598. The zero-order valence-electron chi connectivity index (χ0n) is 15.6. The van der Waals surface area contributed by atoms with Crippen molar-refractivity contribution in [2.75, 3.05) is 40.8 Å². The number of halogens is 1. The lowest BCUT2D eigenvalue weighted by Gasteiger charge is -2.36. The van der Waals surface area contributed by atoms with Crippen LogP contribution in [0.1, 0.15) is 18.4 Å². The van der Waals surface area contributed by atoms with Gasteiger partial charge in [0.15, 0.2) is 0 Å². The van der Waals surface area contributed by atoms with E-state index in [1.165, 1.54) is 18.1 Å². The largest absolute Gasteiger partial charge is 0.497 e. The van der Waals surface area contributed by atoms with Crippen LogP contribution in [-0.4, -0.2) is 73.4 Å². The number of fused-ring (bicyclic) bond motifs is 4. The molecule has 26 heavy (non-hydrogen) atoms. The van der Waals surface area contributed by atoms with Gasteiger partial charge in [-0.25, -0.2) is 4.39 Å². The lowest BCUT2D eigenvalue weighted by Crippen LogP contribution is -2.51. The number of rotatable bonds is 5. The number of methoxy groups -OCH3 is 1. The molecule has 0 spiro atoms. The number of nitrogens with zero attached hydrogens (tertiary/aromatic N) is 3. The number of benzene rings is 1. The molecule has 7 heteroatoms. The Hall–Kier alpha value is -2.15. The zero-order chi connectivity index (χ0) is 18.8. The highest BCUT2D eigenvalue weighted by Crippen LogP contribution is 2.30. The van der Waals surface area contributed by atoms with E-state index < -0.39 is 0 Å².